The molecule has 0 bridgehead atoms. The molecule has 8 heteroatoms. The van der Waals surface area contributed by atoms with Gasteiger partial charge in [-0.25, -0.2) is 0 Å². The van der Waals surface area contributed by atoms with Crippen molar-refractivity contribution in [2.24, 2.45) is 0 Å². The van der Waals surface area contributed by atoms with E-state index >= 15 is 0 Å². The van der Waals surface area contributed by atoms with Crippen molar-refractivity contribution < 1.29 is 9.72 Å². The number of nitro benzene ring substituents is 1. The van der Waals surface area contributed by atoms with E-state index in [0.717, 1.165) is 11.1 Å². The Morgan fingerprint density at radius 2 is 1.75 bits per heavy atom. The number of benzene rings is 3. The predicted molar refractivity (Wildman–Crippen MR) is 126 cm³/mol. The minimum absolute atomic E-state index is 0.0431. The third-order valence-electron chi connectivity index (χ3n) is 4.67. The number of nitrogens with one attached hydrogen (secondary N) is 1. The molecule has 0 fully saturated rings. The molecule has 4 aromatic rings. The Bertz CT molecular complexity index is 1300. The Morgan fingerprint density at radius 1 is 1.00 bits per heavy atom. The van der Waals surface area contributed by atoms with Gasteiger partial charge in [0, 0.05) is 23.3 Å². The van der Waals surface area contributed by atoms with Gasteiger partial charge in [0.2, 0.25) is 5.13 Å². The highest BCUT2D eigenvalue weighted by atomic mass is 32.1. The Kier molecular flexibility index (Phi) is 6.14. The molecule has 1 aromatic heterocycles. The number of aromatic nitrogens is 2. The van der Waals surface area contributed by atoms with Crippen molar-refractivity contribution in [3.8, 4) is 10.6 Å². The summed E-state index contributed by atoms with van der Waals surface area (Å²) in [6.07, 6.45) is 1.62. The second-order valence-corrected chi connectivity index (χ2v) is 7.99. The van der Waals surface area contributed by atoms with Gasteiger partial charge in [-0.1, -0.05) is 83.6 Å². The van der Waals surface area contributed by atoms with Gasteiger partial charge < -0.3 is 0 Å². The summed E-state index contributed by atoms with van der Waals surface area (Å²) in [6.45, 7) is 2.01. The topological polar surface area (TPSA) is 98.0 Å². The first-order valence-corrected chi connectivity index (χ1v) is 10.5. The van der Waals surface area contributed by atoms with Crippen molar-refractivity contribution >= 4 is 39.7 Å². The van der Waals surface area contributed by atoms with Crippen molar-refractivity contribution in [3.63, 3.8) is 0 Å². The fourth-order valence-electron chi connectivity index (χ4n) is 3.04. The predicted octanol–water partition coefficient (Wildman–Crippen LogP) is 5.60. The molecule has 0 aliphatic heterocycles. The zero-order chi connectivity index (χ0) is 22.5. The lowest BCUT2D eigenvalue weighted by Crippen LogP contribution is -2.13. The number of carbonyl (C=O) groups is 1. The molecule has 0 atom stereocenters. The summed E-state index contributed by atoms with van der Waals surface area (Å²) in [5.41, 5.74) is 3.61. The molecule has 32 heavy (non-hydrogen) atoms. The van der Waals surface area contributed by atoms with Gasteiger partial charge in [-0.05, 0) is 24.1 Å². The zero-order valence-electron chi connectivity index (χ0n) is 17.1. The number of carbonyl (C=O) groups excluding carboxylic acids is 1. The summed E-state index contributed by atoms with van der Waals surface area (Å²) in [6, 6.07) is 23.1. The van der Waals surface area contributed by atoms with Crippen LogP contribution in [-0.4, -0.2) is 21.0 Å². The average molecular weight is 443 g/mol. The highest BCUT2D eigenvalue weighted by Crippen LogP contribution is 2.28. The van der Waals surface area contributed by atoms with Gasteiger partial charge in [0.1, 0.15) is 5.01 Å². The molecule has 0 saturated carbocycles. The van der Waals surface area contributed by atoms with Gasteiger partial charge >= 0.3 is 0 Å². The lowest BCUT2D eigenvalue weighted by atomic mass is 10.0. The number of anilines is 1. The standard InChI is InChI=1S/C24H18N4O3S/c1-16-10-12-19(13-11-16)23-26-27-24(32-23)25-22(29)21(18-7-3-2-4-8-18)15-17-6-5-9-20(14-17)28(30)31/h2-15H,1H3,(H,25,27,29)/b21-15+. The van der Waals surface area contributed by atoms with E-state index in [1.54, 1.807) is 30.3 Å². The first-order chi connectivity index (χ1) is 15.5. The molecule has 1 heterocycles. The smallest absolute Gasteiger partial charge is 0.270 e. The summed E-state index contributed by atoms with van der Waals surface area (Å²) < 4.78 is 0. The number of rotatable bonds is 6. The van der Waals surface area contributed by atoms with Crippen LogP contribution in [0.3, 0.4) is 0 Å². The highest BCUT2D eigenvalue weighted by molar-refractivity contribution is 7.18. The summed E-state index contributed by atoms with van der Waals surface area (Å²) in [5.74, 6) is -0.380. The first-order valence-electron chi connectivity index (χ1n) is 9.73. The van der Waals surface area contributed by atoms with Gasteiger partial charge in [0.25, 0.3) is 11.6 Å². The molecule has 0 spiro atoms. The van der Waals surface area contributed by atoms with E-state index in [9.17, 15) is 14.9 Å². The number of nitro groups is 1. The quantitative estimate of drug-likeness (QED) is 0.181. The molecule has 0 aliphatic carbocycles. The van der Waals surface area contributed by atoms with Gasteiger partial charge in [-0.2, -0.15) is 0 Å². The molecule has 7 nitrogen and oxygen atoms in total. The second-order valence-electron chi connectivity index (χ2n) is 7.01. The van der Waals surface area contributed by atoms with Crippen LogP contribution in [0.4, 0.5) is 10.8 Å². The van der Waals surface area contributed by atoms with E-state index in [2.05, 4.69) is 15.5 Å². The fourth-order valence-corrected chi connectivity index (χ4v) is 3.79. The molecule has 0 unspecified atom stereocenters. The van der Waals surface area contributed by atoms with Crippen molar-refractivity contribution in [3.05, 3.63) is 106 Å². The number of hydrogen-bond acceptors (Lipinski definition) is 6. The fraction of sp³-hybridized carbons (Fsp3) is 0.0417. The maximum Gasteiger partial charge on any atom is 0.270 e. The Labute approximate surface area is 188 Å². The maximum absolute atomic E-state index is 13.2. The summed E-state index contributed by atoms with van der Waals surface area (Å²) >= 11 is 1.27. The van der Waals surface area contributed by atoms with E-state index in [1.807, 2.05) is 49.4 Å². The van der Waals surface area contributed by atoms with Crippen molar-refractivity contribution in [1.29, 1.82) is 0 Å². The molecular weight excluding hydrogens is 424 g/mol. The van der Waals surface area contributed by atoms with Crippen molar-refractivity contribution in [2.45, 2.75) is 6.92 Å². The minimum atomic E-state index is -0.465. The van der Waals surface area contributed by atoms with Crippen LogP contribution in [0.1, 0.15) is 16.7 Å². The third kappa shape index (κ3) is 4.93. The Hall–Kier alpha value is -4.17. The third-order valence-corrected chi connectivity index (χ3v) is 5.55. The van der Waals surface area contributed by atoms with Crippen molar-refractivity contribution in [1.82, 2.24) is 10.2 Å². The molecule has 0 aliphatic rings. The molecule has 0 radical (unpaired) electrons. The normalized spacial score (nSPS) is 11.2. The van der Waals surface area contributed by atoms with E-state index in [1.165, 1.54) is 23.5 Å². The SMILES string of the molecule is Cc1ccc(-c2nnc(NC(=O)/C(=C/c3cccc([N+](=O)[O-])c3)c3ccccc3)s2)cc1. The van der Waals surface area contributed by atoms with E-state index in [4.69, 9.17) is 0 Å². The number of nitrogens with zero attached hydrogens (tertiary/aromatic N) is 3. The summed E-state index contributed by atoms with van der Waals surface area (Å²) in [4.78, 5) is 23.8. The van der Waals surface area contributed by atoms with Crippen LogP contribution in [0.25, 0.3) is 22.2 Å². The van der Waals surface area contributed by atoms with Crippen LogP contribution in [0.2, 0.25) is 0 Å². The van der Waals surface area contributed by atoms with Gasteiger partial charge in [0.05, 0.1) is 4.92 Å². The largest absolute Gasteiger partial charge is 0.296 e. The van der Waals surface area contributed by atoms with E-state index in [-0.39, 0.29) is 11.6 Å². The Morgan fingerprint density at radius 3 is 2.47 bits per heavy atom. The van der Waals surface area contributed by atoms with Gasteiger partial charge in [0.15, 0.2) is 0 Å². The molecule has 1 N–H and O–H groups in total. The Balaban J connectivity index is 1.64. The monoisotopic (exact) mass is 442 g/mol. The average Bonchev–Trinajstić information content (AvgIpc) is 3.27. The second kappa shape index (κ2) is 9.32. The molecule has 1 amide bonds. The number of aryl methyl sites for hydroxylation is 1. The van der Waals surface area contributed by atoms with Crippen LogP contribution in [0.5, 0.6) is 0 Å². The molecule has 158 valence electrons. The summed E-state index contributed by atoms with van der Waals surface area (Å²) in [7, 11) is 0. The molecular formula is C24H18N4O3S. The number of hydrogen-bond donors (Lipinski definition) is 1. The zero-order valence-corrected chi connectivity index (χ0v) is 17.9. The molecule has 3 aromatic carbocycles. The minimum Gasteiger partial charge on any atom is -0.296 e. The van der Waals surface area contributed by atoms with E-state index < -0.39 is 4.92 Å². The van der Waals surface area contributed by atoms with Crippen LogP contribution >= 0.6 is 11.3 Å². The summed E-state index contributed by atoms with van der Waals surface area (Å²) in [5, 5.41) is 23.3. The lowest BCUT2D eigenvalue weighted by molar-refractivity contribution is -0.384. The van der Waals surface area contributed by atoms with Gasteiger partial charge in [-0.15, -0.1) is 10.2 Å². The van der Waals surface area contributed by atoms with Crippen LogP contribution in [0.15, 0.2) is 78.9 Å². The highest BCUT2D eigenvalue weighted by Gasteiger charge is 2.16. The molecule has 4 rings (SSSR count). The number of non-ortho nitro benzene ring substituents is 1. The number of amides is 1. The first kappa shape index (κ1) is 21.1. The van der Waals surface area contributed by atoms with Crippen molar-refractivity contribution in [2.75, 3.05) is 5.32 Å². The lowest BCUT2D eigenvalue weighted by Gasteiger charge is -2.08. The van der Waals surface area contributed by atoms with Crippen LogP contribution in [-0.2, 0) is 4.79 Å². The van der Waals surface area contributed by atoms with Gasteiger partial charge in [-0.3, -0.25) is 20.2 Å². The maximum atomic E-state index is 13.2. The molecule has 0 saturated heterocycles. The van der Waals surface area contributed by atoms with Crippen LogP contribution < -0.4 is 5.32 Å². The van der Waals surface area contributed by atoms with E-state index in [0.29, 0.717) is 26.8 Å². The van der Waals surface area contributed by atoms with Crippen LogP contribution in [0, 0.1) is 17.0 Å².